The van der Waals surface area contributed by atoms with Crippen molar-refractivity contribution >= 4 is 23.7 Å². The van der Waals surface area contributed by atoms with Gasteiger partial charge in [-0.2, -0.15) is 0 Å². The molecule has 7 nitrogen and oxygen atoms in total. The Morgan fingerprint density at radius 1 is 1.13 bits per heavy atom. The van der Waals surface area contributed by atoms with Gasteiger partial charge in [-0.1, -0.05) is 18.2 Å². The number of ether oxygens (including phenoxy) is 3. The Morgan fingerprint density at radius 2 is 1.93 bits per heavy atom. The molecule has 0 N–H and O–H groups in total. The van der Waals surface area contributed by atoms with Crippen molar-refractivity contribution in [2.45, 2.75) is 24.9 Å². The Kier molecular flexibility index (Phi) is 5.81. The number of aliphatic imine (C=N–C) groups is 1. The molecule has 1 saturated heterocycles. The van der Waals surface area contributed by atoms with Crippen molar-refractivity contribution in [3.05, 3.63) is 53.6 Å². The van der Waals surface area contributed by atoms with Crippen LogP contribution in [-0.4, -0.2) is 51.5 Å². The Hall–Kier alpha value is -3.19. The minimum atomic E-state index is -0.645. The third kappa shape index (κ3) is 3.68. The van der Waals surface area contributed by atoms with Crippen LogP contribution in [0.5, 0.6) is 11.5 Å². The lowest BCUT2D eigenvalue weighted by atomic mass is 9.89. The molecule has 7 heteroatoms. The summed E-state index contributed by atoms with van der Waals surface area (Å²) >= 11 is 0. The Morgan fingerprint density at radius 3 is 2.67 bits per heavy atom. The van der Waals surface area contributed by atoms with E-state index in [0.717, 1.165) is 19.4 Å². The highest BCUT2D eigenvalue weighted by Crippen LogP contribution is 2.36. The highest BCUT2D eigenvalue weighted by molar-refractivity contribution is 6.29. The second kappa shape index (κ2) is 8.67. The normalized spacial score (nSPS) is 21.2. The molecule has 30 heavy (non-hydrogen) atoms. The lowest BCUT2D eigenvalue weighted by molar-refractivity contribution is -0.118. The molecule has 0 saturated carbocycles. The third-order valence-electron chi connectivity index (χ3n) is 5.43. The van der Waals surface area contributed by atoms with E-state index in [-0.39, 0.29) is 17.9 Å². The maximum absolute atomic E-state index is 13.4. The van der Waals surface area contributed by atoms with Crippen LogP contribution in [0.3, 0.4) is 0 Å². The number of rotatable bonds is 6. The Balaban J connectivity index is 1.69. The largest absolute Gasteiger partial charge is 0.493 e. The first kappa shape index (κ1) is 20.1. The molecule has 2 heterocycles. The first-order valence-corrected chi connectivity index (χ1v) is 9.95. The summed E-state index contributed by atoms with van der Waals surface area (Å²) in [5.74, 6) is -0.395. The SMILES string of the molecule is COc1ccc(N2C(=O)c3ccccc3[C@@H](C=NC[C@H]3CCCO3)C2=O)cc1OC. The van der Waals surface area contributed by atoms with Crippen LogP contribution in [0.1, 0.15) is 34.7 Å². The zero-order chi connectivity index (χ0) is 21.1. The van der Waals surface area contributed by atoms with Gasteiger partial charge in [0.05, 0.1) is 38.5 Å². The fourth-order valence-corrected chi connectivity index (χ4v) is 3.88. The number of benzene rings is 2. The van der Waals surface area contributed by atoms with Crippen molar-refractivity contribution in [3.8, 4) is 11.5 Å². The summed E-state index contributed by atoms with van der Waals surface area (Å²) in [7, 11) is 3.04. The molecule has 2 aromatic rings. The lowest BCUT2D eigenvalue weighted by Gasteiger charge is -2.31. The molecule has 4 rings (SSSR count). The quantitative estimate of drug-likeness (QED) is 0.542. The minimum absolute atomic E-state index is 0.0961. The molecule has 0 aliphatic carbocycles. The average molecular weight is 408 g/mol. The fraction of sp³-hybridized carbons (Fsp3) is 0.348. The maximum atomic E-state index is 13.4. The topological polar surface area (TPSA) is 77.4 Å². The standard InChI is InChI=1S/C23H24N2O5/c1-28-20-10-9-15(12-21(20)29-2)25-22(26)18-8-4-3-7-17(18)19(23(25)27)14-24-13-16-6-5-11-30-16/h3-4,7-10,12,14,16,19H,5-6,11,13H2,1-2H3/t16-,19-/m1/s1. The predicted molar refractivity (Wildman–Crippen MR) is 113 cm³/mol. The van der Waals surface area contributed by atoms with Gasteiger partial charge in [-0.3, -0.25) is 14.6 Å². The first-order chi connectivity index (χ1) is 14.6. The summed E-state index contributed by atoms with van der Waals surface area (Å²) in [6.45, 7) is 1.27. The minimum Gasteiger partial charge on any atom is -0.493 e. The molecular formula is C23H24N2O5. The summed E-state index contributed by atoms with van der Waals surface area (Å²) < 4.78 is 16.2. The van der Waals surface area contributed by atoms with Gasteiger partial charge in [0.15, 0.2) is 11.5 Å². The van der Waals surface area contributed by atoms with E-state index in [1.807, 2.05) is 6.07 Å². The molecule has 2 aliphatic rings. The van der Waals surface area contributed by atoms with Gasteiger partial charge in [0.25, 0.3) is 5.91 Å². The molecule has 2 amide bonds. The number of hydrogen-bond donors (Lipinski definition) is 0. The highest BCUT2D eigenvalue weighted by atomic mass is 16.5. The molecule has 0 spiro atoms. The summed E-state index contributed by atoms with van der Waals surface area (Å²) in [6, 6.07) is 12.1. The van der Waals surface area contributed by atoms with Crippen LogP contribution in [0, 0.1) is 0 Å². The summed E-state index contributed by atoms with van der Waals surface area (Å²) in [5.41, 5.74) is 1.58. The van der Waals surface area contributed by atoms with Crippen molar-refractivity contribution < 1.29 is 23.8 Å². The van der Waals surface area contributed by atoms with Gasteiger partial charge in [-0.25, -0.2) is 4.90 Å². The van der Waals surface area contributed by atoms with Crippen LogP contribution in [0.4, 0.5) is 5.69 Å². The van der Waals surface area contributed by atoms with Gasteiger partial charge in [0, 0.05) is 24.5 Å². The van der Waals surface area contributed by atoms with Gasteiger partial charge in [-0.05, 0) is 36.6 Å². The molecule has 2 aromatic carbocycles. The van der Waals surface area contributed by atoms with Crippen LogP contribution >= 0.6 is 0 Å². The second-order valence-electron chi connectivity index (χ2n) is 7.23. The molecule has 2 atom stereocenters. The highest BCUT2D eigenvalue weighted by Gasteiger charge is 2.39. The number of imide groups is 1. The van der Waals surface area contributed by atoms with Crippen LogP contribution in [0.2, 0.25) is 0 Å². The number of methoxy groups -OCH3 is 2. The molecule has 0 bridgehead atoms. The molecule has 156 valence electrons. The first-order valence-electron chi connectivity index (χ1n) is 9.95. The molecule has 2 aliphatic heterocycles. The van der Waals surface area contributed by atoms with Crippen LogP contribution in [0.15, 0.2) is 47.5 Å². The number of amides is 2. The lowest BCUT2D eigenvalue weighted by Crippen LogP contribution is -2.45. The summed E-state index contributed by atoms with van der Waals surface area (Å²) in [6.07, 6.45) is 3.75. The van der Waals surface area contributed by atoms with E-state index in [0.29, 0.717) is 34.9 Å². The van der Waals surface area contributed by atoms with E-state index in [2.05, 4.69) is 4.99 Å². The van der Waals surface area contributed by atoms with E-state index < -0.39 is 5.92 Å². The van der Waals surface area contributed by atoms with Gasteiger partial charge in [0.2, 0.25) is 5.91 Å². The van der Waals surface area contributed by atoms with E-state index in [1.54, 1.807) is 42.6 Å². The predicted octanol–water partition coefficient (Wildman–Crippen LogP) is 3.22. The van der Waals surface area contributed by atoms with E-state index >= 15 is 0 Å². The van der Waals surface area contributed by atoms with Crippen LogP contribution < -0.4 is 14.4 Å². The number of carbonyl (C=O) groups is 2. The number of nitrogens with zero attached hydrogens (tertiary/aromatic N) is 2. The monoisotopic (exact) mass is 408 g/mol. The third-order valence-corrected chi connectivity index (χ3v) is 5.43. The zero-order valence-electron chi connectivity index (χ0n) is 17.0. The van der Waals surface area contributed by atoms with Crippen molar-refractivity contribution in [1.82, 2.24) is 0 Å². The fourth-order valence-electron chi connectivity index (χ4n) is 3.88. The van der Waals surface area contributed by atoms with Crippen molar-refractivity contribution in [2.24, 2.45) is 4.99 Å². The van der Waals surface area contributed by atoms with Gasteiger partial charge in [0.1, 0.15) is 0 Å². The summed E-state index contributed by atoms with van der Waals surface area (Å²) in [4.78, 5) is 32.2. The van der Waals surface area contributed by atoms with E-state index in [1.165, 1.54) is 19.1 Å². The van der Waals surface area contributed by atoms with Gasteiger partial charge >= 0.3 is 0 Å². The van der Waals surface area contributed by atoms with Crippen molar-refractivity contribution in [1.29, 1.82) is 0 Å². The van der Waals surface area contributed by atoms with Crippen LogP contribution in [0.25, 0.3) is 0 Å². The van der Waals surface area contributed by atoms with Gasteiger partial charge < -0.3 is 14.2 Å². The average Bonchev–Trinajstić information content (AvgIpc) is 3.29. The van der Waals surface area contributed by atoms with E-state index in [4.69, 9.17) is 14.2 Å². The maximum Gasteiger partial charge on any atom is 0.265 e. The molecule has 0 unspecified atom stereocenters. The van der Waals surface area contributed by atoms with Crippen LogP contribution in [-0.2, 0) is 9.53 Å². The van der Waals surface area contributed by atoms with Crippen molar-refractivity contribution in [2.75, 3.05) is 32.3 Å². The van der Waals surface area contributed by atoms with E-state index in [9.17, 15) is 9.59 Å². The smallest absolute Gasteiger partial charge is 0.265 e. The molecule has 0 aromatic heterocycles. The summed E-state index contributed by atoms with van der Waals surface area (Å²) in [5, 5.41) is 0. The number of carbonyl (C=O) groups excluding carboxylic acids is 2. The van der Waals surface area contributed by atoms with Gasteiger partial charge in [-0.15, -0.1) is 0 Å². The Labute approximate surface area is 175 Å². The second-order valence-corrected chi connectivity index (χ2v) is 7.23. The number of hydrogen-bond acceptors (Lipinski definition) is 6. The molecule has 1 fully saturated rings. The zero-order valence-corrected chi connectivity index (χ0v) is 17.0. The molecule has 0 radical (unpaired) electrons. The number of fused-ring (bicyclic) bond motifs is 1. The van der Waals surface area contributed by atoms with Crippen molar-refractivity contribution in [3.63, 3.8) is 0 Å². The number of anilines is 1. The molecular weight excluding hydrogens is 384 g/mol. The Bertz CT molecular complexity index is 981.